The van der Waals surface area contributed by atoms with E-state index in [-0.39, 0.29) is 22.4 Å². The van der Waals surface area contributed by atoms with Crippen molar-refractivity contribution < 1.29 is 17.2 Å². The highest BCUT2D eigenvalue weighted by atomic mass is 35.5. The van der Waals surface area contributed by atoms with Gasteiger partial charge in [-0.2, -0.15) is 0 Å². The number of furan rings is 1. The van der Waals surface area contributed by atoms with E-state index >= 15 is 0 Å². The minimum Gasteiger partial charge on any atom is -0.469 e. The molecule has 0 radical (unpaired) electrons. The fraction of sp³-hybridized carbons (Fsp3) is 0.125. The zero-order valence-electron chi connectivity index (χ0n) is 12.3. The van der Waals surface area contributed by atoms with Crippen molar-refractivity contribution in [1.82, 2.24) is 4.72 Å². The molecule has 1 N–H and O–H groups in total. The lowest BCUT2D eigenvalue weighted by Crippen LogP contribution is -2.28. The van der Waals surface area contributed by atoms with Crippen molar-refractivity contribution in [3.63, 3.8) is 0 Å². The SMILES string of the molecule is O=S(=O)(NC[C@@H](c1ccco1)c1cccs1)c1ccc(F)c(Cl)c1. The molecule has 24 heavy (non-hydrogen) atoms. The van der Waals surface area contributed by atoms with Gasteiger partial charge in [-0.1, -0.05) is 17.7 Å². The predicted octanol–water partition coefficient (Wildman–Crippen LogP) is 4.24. The van der Waals surface area contributed by atoms with Gasteiger partial charge in [0.1, 0.15) is 11.6 Å². The number of hydrogen-bond acceptors (Lipinski definition) is 4. The van der Waals surface area contributed by atoms with Gasteiger partial charge in [0.25, 0.3) is 0 Å². The monoisotopic (exact) mass is 385 g/mol. The predicted molar refractivity (Wildman–Crippen MR) is 91.5 cm³/mol. The topological polar surface area (TPSA) is 59.3 Å². The minimum atomic E-state index is -3.81. The molecular formula is C16H13ClFNO3S2. The highest BCUT2D eigenvalue weighted by Crippen LogP contribution is 2.28. The van der Waals surface area contributed by atoms with Gasteiger partial charge in [0.05, 0.1) is 22.1 Å². The molecule has 4 nitrogen and oxygen atoms in total. The third kappa shape index (κ3) is 3.70. The van der Waals surface area contributed by atoms with Gasteiger partial charge < -0.3 is 4.42 Å². The van der Waals surface area contributed by atoms with Crippen molar-refractivity contribution in [3.05, 3.63) is 75.6 Å². The third-order valence-corrected chi connectivity index (χ3v) is 6.15. The number of nitrogens with one attached hydrogen (secondary N) is 1. The maximum absolute atomic E-state index is 13.2. The molecule has 0 aliphatic carbocycles. The molecular weight excluding hydrogens is 373 g/mol. The molecule has 8 heteroatoms. The van der Waals surface area contributed by atoms with E-state index in [0.29, 0.717) is 5.76 Å². The molecule has 0 fully saturated rings. The molecule has 0 aliphatic rings. The minimum absolute atomic E-state index is 0.0849. The summed E-state index contributed by atoms with van der Waals surface area (Å²) in [7, 11) is -3.81. The summed E-state index contributed by atoms with van der Waals surface area (Å²) in [5.41, 5.74) is 0. The Morgan fingerprint density at radius 2 is 2.08 bits per heavy atom. The summed E-state index contributed by atoms with van der Waals surface area (Å²) in [4.78, 5) is 0.892. The van der Waals surface area contributed by atoms with Crippen molar-refractivity contribution in [2.45, 2.75) is 10.8 Å². The maximum atomic E-state index is 13.2. The van der Waals surface area contributed by atoms with E-state index in [0.717, 1.165) is 17.0 Å². The standard InChI is InChI=1S/C16H13ClFNO3S2/c17-13-9-11(5-6-14(13)18)24(20,21)19-10-12(15-3-1-7-22-15)16-4-2-8-23-16/h1-9,12,19H,10H2/t12-/m0/s1. The van der Waals surface area contributed by atoms with Crippen LogP contribution in [0.25, 0.3) is 0 Å². The van der Waals surface area contributed by atoms with Crippen LogP contribution >= 0.6 is 22.9 Å². The molecule has 0 saturated heterocycles. The zero-order valence-corrected chi connectivity index (χ0v) is 14.7. The van der Waals surface area contributed by atoms with Crippen molar-refractivity contribution in [3.8, 4) is 0 Å². The van der Waals surface area contributed by atoms with Gasteiger partial charge in [-0.25, -0.2) is 17.5 Å². The molecule has 2 heterocycles. The average molecular weight is 386 g/mol. The Labute approximate surface area is 147 Å². The molecule has 0 spiro atoms. The molecule has 0 amide bonds. The third-order valence-electron chi connectivity index (χ3n) is 3.45. The van der Waals surface area contributed by atoms with E-state index in [2.05, 4.69) is 4.72 Å². The summed E-state index contributed by atoms with van der Waals surface area (Å²) in [5.74, 6) is -0.245. The van der Waals surface area contributed by atoms with Crippen molar-refractivity contribution >= 4 is 33.0 Å². The molecule has 1 atom stereocenters. The summed E-state index contributed by atoms with van der Waals surface area (Å²) < 4.78 is 46.0. The summed E-state index contributed by atoms with van der Waals surface area (Å²) in [5, 5.41) is 1.68. The van der Waals surface area contributed by atoms with Crippen LogP contribution in [0.15, 0.2) is 63.4 Å². The molecule has 3 aromatic rings. The summed E-state index contributed by atoms with van der Waals surface area (Å²) in [6.07, 6.45) is 1.55. The lowest BCUT2D eigenvalue weighted by molar-refractivity contribution is 0.483. The average Bonchev–Trinajstić information content (AvgIpc) is 3.24. The lowest BCUT2D eigenvalue weighted by atomic mass is 10.1. The van der Waals surface area contributed by atoms with Gasteiger partial charge >= 0.3 is 0 Å². The van der Waals surface area contributed by atoms with E-state index in [1.807, 2.05) is 17.5 Å². The van der Waals surface area contributed by atoms with Crippen LogP contribution in [-0.2, 0) is 10.0 Å². The smallest absolute Gasteiger partial charge is 0.240 e. The van der Waals surface area contributed by atoms with Gasteiger partial charge in [-0.15, -0.1) is 11.3 Å². The van der Waals surface area contributed by atoms with Crippen LogP contribution in [0.3, 0.4) is 0 Å². The fourth-order valence-corrected chi connectivity index (χ4v) is 4.39. The lowest BCUT2D eigenvalue weighted by Gasteiger charge is -2.14. The molecule has 0 bridgehead atoms. The zero-order chi connectivity index (χ0) is 17.2. The van der Waals surface area contributed by atoms with E-state index in [1.165, 1.54) is 17.4 Å². The first kappa shape index (κ1) is 17.2. The second kappa shape index (κ2) is 7.06. The first-order chi connectivity index (χ1) is 11.5. The van der Waals surface area contributed by atoms with Gasteiger partial charge in [-0.05, 0) is 41.8 Å². The molecule has 0 unspecified atom stereocenters. The second-order valence-corrected chi connectivity index (χ2v) is 8.16. The number of rotatable bonds is 6. The first-order valence-electron chi connectivity index (χ1n) is 6.99. The van der Waals surface area contributed by atoms with Crippen LogP contribution in [0, 0.1) is 5.82 Å². The largest absolute Gasteiger partial charge is 0.469 e. The molecule has 0 aliphatic heterocycles. The van der Waals surface area contributed by atoms with Crippen LogP contribution in [-0.4, -0.2) is 15.0 Å². The van der Waals surface area contributed by atoms with Crippen LogP contribution in [0.5, 0.6) is 0 Å². The Hall–Kier alpha value is -1.67. The first-order valence-corrected chi connectivity index (χ1v) is 9.73. The number of hydrogen-bond donors (Lipinski definition) is 1. The maximum Gasteiger partial charge on any atom is 0.240 e. The molecule has 3 rings (SSSR count). The van der Waals surface area contributed by atoms with Crippen LogP contribution in [0.2, 0.25) is 5.02 Å². The summed E-state index contributed by atoms with van der Waals surface area (Å²) >= 11 is 7.18. The van der Waals surface area contributed by atoms with Crippen LogP contribution in [0.4, 0.5) is 4.39 Å². The van der Waals surface area contributed by atoms with E-state index in [4.69, 9.17) is 16.0 Å². The number of sulfonamides is 1. The fourth-order valence-electron chi connectivity index (χ4n) is 2.24. The van der Waals surface area contributed by atoms with Crippen molar-refractivity contribution in [2.75, 3.05) is 6.54 Å². The Morgan fingerprint density at radius 1 is 1.25 bits per heavy atom. The van der Waals surface area contributed by atoms with Gasteiger partial charge in [0, 0.05) is 11.4 Å². The number of halogens is 2. The second-order valence-electron chi connectivity index (χ2n) is 5.01. The number of benzene rings is 1. The highest BCUT2D eigenvalue weighted by molar-refractivity contribution is 7.89. The Balaban J connectivity index is 1.82. The Bertz CT molecular complexity index is 875. The van der Waals surface area contributed by atoms with Gasteiger partial charge in [0.2, 0.25) is 10.0 Å². The van der Waals surface area contributed by atoms with E-state index in [9.17, 15) is 12.8 Å². The Kier molecular flexibility index (Phi) is 5.05. The number of thiophene rings is 1. The summed E-state index contributed by atoms with van der Waals surface area (Å²) in [6.45, 7) is 0.116. The molecule has 1 aromatic carbocycles. The molecule has 126 valence electrons. The van der Waals surface area contributed by atoms with Gasteiger partial charge in [-0.3, -0.25) is 0 Å². The van der Waals surface area contributed by atoms with Crippen molar-refractivity contribution in [2.24, 2.45) is 0 Å². The highest BCUT2D eigenvalue weighted by Gasteiger charge is 2.22. The van der Waals surface area contributed by atoms with Crippen LogP contribution in [0.1, 0.15) is 16.6 Å². The van der Waals surface area contributed by atoms with Crippen molar-refractivity contribution in [1.29, 1.82) is 0 Å². The molecule has 0 saturated carbocycles. The van der Waals surface area contributed by atoms with E-state index < -0.39 is 15.8 Å². The van der Waals surface area contributed by atoms with E-state index in [1.54, 1.807) is 18.4 Å². The van der Waals surface area contributed by atoms with Gasteiger partial charge in [0.15, 0.2) is 0 Å². The summed E-state index contributed by atoms with van der Waals surface area (Å²) in [6, 6.07) is 10.7. The molecule has 2 aromatic heterocycles. The normalized spacial score (nSPS) is 13.1. The quantitative estimate of drug-likeness (QED) is 0.690. The van der Waals surface area contributed by atoms with Crippen LogP contribution < -0.4 is 4.72 Å². The Morgan fingerprint density at radius 3 is 2.71 bits per heavy atom.